The molecule has 0 radical (unpaired) electrons. The lowest BCUT2D eigenvalue weighted by Crippen LogP contribution is -2.28. The molecule has 0 aliphatic carbocycles. The maximum absolute atomic E-state index is 14.8. The molecule has 144 valence electrons. The first-order valence-corrected chi connectivity index (χ1v) is 9.74. The van der Waals surface area contributed by atoms with Gasteiger partial charge in [-0.3, -0.25) is 0 Å². The molecule has 0 spiro atoms. The molecule has 3 aromatic carbocycles. The highest BCUT2D eigenvalue weighted by atomic mass is 79.9. The van der Waals surface area contributed by atoms with Crippen LogP contribution in [0.15, 0.2) is 65.1 Å². The smallest absolute Gasteiger partial charge is 0.319 e. The molecule has 6 heteroatoms. The van der Waals surface area contributed by atoms with E-state index in [2.05, 4.69) is 31.9 Å². The minimum atomic E-state index is -0.311. The van der Waals surface area contributed by atoms with Crippen molar-refractivity contribution < 1.29 is 9.18 Å². The molecule has 0 saturated heterocycles. The van der Waals surface area contributed by atoms with Gasteiger partial charge in [-0.2, -0.15) is 0 Å². The van der Waals surface area contributed by atoms with Gasteiger partial charge in [-0.05, 0) is 61.4 Å². The summed E-state index contributed by atoms with van der Waals surface area (Å²) >= 11 is 3.40. The van der Waals surface area contributed by atoms with Crippen molar-refractivity contribution in [2.75, 3.05) is 17.2 Å². The molecule has 0 aliphatic heterocycles. The first-order valence-electron chi connectivity index (χ1n) is 8.95. The minimum absolute atomic E-state index is 0.301. The third-order valence-electron chi connectivity index (χ3n) is 4.25. The van der Waals surface area contributed by atoms with Gasteiger partial charge in [0.2, 0.25) is 0 Å². The number of rotatable bonds is 5. The Kier molecular flexibility index (Phi) is 6.31. The fourth-order valence-corrected chi connectivity index (χ4v) is 3.26. The highest BCUT2D eigenvalue weighted by Gasteiger charge is 2.11. The van der Waals surface area contributed by atoms with E-state index >= 15 is 0 Å². The van der Waals surface area contributed by atoms with E-state index in [0.717, 1.165) is 15.6 Å². The molecule has 3 aromatic rings. The van der Waals surface area contributed by atoms with Crippen LogP contribution in [0.1, 0.15) is 12.5 Å². The number of aryl methyl sites for hydroxylation is 1. The Bertz CT molecular complexity index is 1010. The molecule has 0 fully saturated rings. The van der Waals surface area contributed by atoms with E-state index < -0.39 is 0 Å². The van der Waals surface area contributed by atoms with Crippen molar-refractivity contribution in [3.05, 3.63) is 76.5 Å². The van der Waals surface area contributed by atoms with Crippen LogP contribution in [-0.4, -0.2) is 12.6 Å². The van der Waals surface area contributed by atoms with Gasteiger partial charge in [-0.1, -0.05) is 40.2 Å². The summed E-state index contributed by atoms with van der Waals surface area (Å²) in [5.41, 5.74) is 4.29. The quantitative estimate of drug-likeness (QED) is 0.426. The number of urea groups is 1. The summed E-state index contributed by atoms with van der Waals surface area (Å²) in [6, 6.07) is 17.9. The molecule has 0 atom stereocenters. The monoisotopic (exact) mass is 441 g/mol. The molecule has 0 unspecified atom stereocenters. The van der Waals surface area contributed by atoms with Gasteiger partial charge >= 0.3 is 6.03 Å². The molecular formula is C22H21BrFN3O. The number of carbonyl (C=O) groups excluding carboxylic acids is 1. The summed E-state index contributed by atoms with van der Waals surface area (Å²) in [7, 11) is 0. The summed E-state index contributed by atoms with van der Waals surface area (Å²) in [5.74, 6) is -0.311. The molecule has 0 bridgehead atoms. The molecule has 3 rings (SSSR count). The fraction of sp³-hybridized carbons (Fsp3) is 0.136. The number of hydrogen-bond acceptors (Lipinski definition) is 2. The van der Waals surface area contributed by atoms with Crippen LogP contribution >= 0.6 is 15.9 Å². The van der Waals surface area contributed by atoms with Crippen molar-refractivity contribution in [2.45, 2.75) is 13.8 Å². The van der Waals surface area contributed by atoms with E-state index in [1.807, 2.05) is 56.3 Å². The van der Waals surface area contributed by atoms with Crippen LogP contribution in [0.4, 0.5) is 26.2 Å². The number of hydrogen-bond donors (Lipinski definition) is 3. The normalized spacial score (nSPS) is 10.4. The minimum Gasteiger partial charge on any atom is -0.354 e. The Balaban J connectivity index is 1.87. The van der Waals surface area contributed by atoms with Gasteiger partial charge in [0.15, 0.2) is 0 Å². The largest absolute Gasteiger partial charge is 0.354 e. The standard InChI is InChI=1S/C22H21BrFN3O/c1-3-25-22(28)27-21-12-15(23)8-11-20(21)26-16-9-10-18(19(24)13-16)17-7-5-4-6-14(17)2/h4-13,26H,3H2,1-2H3,(H2,25,27,28). The molecule has 0 aromatic heterocycles. The van der Waals surface area contributed by atoms with Crippen molar-refractivity contribution in [2.24, 2.45) is 0 Å². The second-order valence-corrected chi connectivity index (χ2v) is 7.22. The summed E-state index contributed by atoms with van der Waals surface area (Å²) < 4.78 is 15.6. The van der Waals surface area contributed by atoms with Gasteiger partial charge in [-0.15, -0.1) is 0 Å². The Morgan fingerprint density at radius 2 is 1.79 bits per heavy atom. The SMILES string of the molecule is CCNC(=O)Nc1cc(Br)ccc1Nc1ccc(-c2ccccc2C)c(F)c1. The molecular weight excluding hydrogens is 421 g/mol. The predicted octanol–water partition coefficient (Wildman–Crippen LogP) is 6.45. The first-order chi connectivity index (χ1) is 13.5. The van der Waals surface area contributed by atoms with Crippen molar-refractivity contribution >= 4 is 39.0 Å². The van der Waals surface area contributed by atoms with Crippen LogP contribution in [0.3, 0.4) is 0 Å². The summed E-state index contributed by atoms with van der Waals surface area (Å²) in [4.78, 5) is 11.9. The van der Waals surface area contributed by atoms with Gasteiger partial charge in [0, 0.05) is 22.3 Å². The van der Waals surface area contributed by atoms with Gasteiger partial charge in [0.05, 0.1) is 11.4 Å². The van der Waals surface area contributed by atoms with Crippen molar-refractivity contribution in [1.29, 1.82) is 0 Å². The summed E-state index contributed by atoms with van der Waals surface area (Å²) in [6.45, 7) is 4.33. The highest BCUT2D eigenvalue weighted by Crippen LogP contribution is 2.32. The fourth-order valence-electron chi connectivity index (χ4n) is 2.90. The zero-order valence-electron chi connectivity index (χ0n) is 15.6. The number of carbonyl (C=O) groups is 1. The third-order valence-corrected chi connectivity index (χ3v) is 4.74. The number of benzene rings is 3. The van der Waals surface area contributed by atoms with E-state index in [-0.39, 0.29) is 11.8 Å². The number of anilines is 3. The Morgan fingerprint density at radius 3 is 2.50 bits per heavy atom. The molecule has 0 aliphatic rings. The number of nitrogens with one attached hydrogen (secondary N) is 3. The van der Waals surface area contributed by atoms with Crippen LogP contribution < -0.4 is 16.0 Å². The molecule has 3 N–H and O–H groups in total. The molecule has 28 heavy (non-hydrogen) atoms. The van der Waals surface area contributed by atoms with Gasteiger partial charge in [0.1, 0.15) is 5.82 Å². The van der Waals surface area contributed by atoms with E-state index in [4.69, 9.17) is 0 Å². The van der Waals surface area contributed by atoms with Crippen LogP contribution in [-0.2, 0) is 0 Å². The van der Waals surface area contributed by atoms with Crippen LogP contribution in [0.5, 0.6) is 0 Å². The average molecular weight is 442 g/mol. The summed E-state index contributed by atoms with van der Waals surface area (Å²) in [6.07, 6.45) is 0. The zero-order valence-corrected chi connectivity index (χ0v) is 17.2. The van der Waals surface area contributed by atoms with E-state index in [1.54, 1.807) is 12.1 Å². The third kappa shape index (κ3) is 4.70. The first kappa shape index (κ1) is 19.9. The average Bonchev–Trinajstić information content (AvgIpc) is 2.65. The maximum Gasteiger partial charge on any atom is 0.319 e. The second kappa shape index (κ2) is 8.89. The predicted molar refractivity (Wildman–Crippen MR) is 117 cm³/mol. The molecule has 2 amide bonds. The number of halogens is 2. The Hall–Kier alpha value is -2.86. The van der Waals surface area contributed by atoms with Crippen LogP contribution in [0, 0.1) is 12.7 Å². The van der Waals surface area contributed by atoms with Crippen molar-refractivity contribution in [3.63, 3.8) is 0 Å². The lowest BCUT2D eigenvalue weighted by atomic mass is 10.00. The van der Waals surface area contributed by atoms with Gasteiger partial charge in [-0.25, -0.2) is 9.18 Å². The maximum atomic E-state index is 14.8. The number of amides is 2. The van der Waals surface area contributed by atoms with Gasteiger partial charge in [0.25, 0.3) is 0 Å². The molecule has 0 heterocycles. The topological polar surface area (TPSA) is 53.2 Å². The summed E-state index contributed by atoms with van der Waals surface area (Å²) in [5, 5.41) is 8.66. The van der Waals surface area contributed by atoms with E-state index in [0.29, 0.717) is 29.2 Å². The second-order valence-electron chi connectivity index (χ2n) is 6.31. The van der Waals surface area contributed by atoms with Crippen LogP contribution in [0.25, 0.3) is 11.1 Å². The zero-order chi connectivity index (χ0) is 20.1. The molecule has 4 nitrogen and oxygen atoms in total. The van der Waals surface area contributed by atoms with Crippen LogP contribution in [0.2, 0.25) is 0 Å². The van der Waals surface area contributed by atoms with E-state index in [9.17, 15) is 9.18 Å². The molecule has 0 saturated carbocycles. The Morgan fingerprint density at radius 1 is 1.00 bits per heavy atom. The van der Waals surface area contributed by atoms with E-state index in [1.165, 1.54) is 6.07 Å². The Labute approximate surface area is 172 Å². The lowest BCUT2D eigenvalue weighted by Gasteiger charge is -2.15. The van der Waals surface area contributed by atoms with Crippen molar-refractivity contribution in [1.82, 2.24) is 5.32 Å². The lowest BCUT2D eigenvalue weighted by molar-refractivity contribution is 0.252. The van der Waals surface area contributed by atoms with Gasteiger partial charge < -0.3 is 16.0 Å². The highest BCUT2D eigenvalue weighted by molar-refractivity contribution is 9.10. The van der Waals surface area contributed by atoms with Crippen molar-refractivity contribution in [3.8, 4) is 11.1 Å².